The van der Waals surface area contributed by atoms with Crippen LogP contribution in [0.5, 0.6) is 0 Å². The van der Waals surface area contributed by atoms with E-state index in [0.29, 0.717) is 12.8 Å². The lowest BCUT2D eigenvalue weighted by atomic mass is 10.2. The summed E-state index contributed by atoms with van der Waals surface area (Å²) in [6.07, 6.45) is 0.640. The van der Waals surface area contributed by atoms with Crippen molar-refractivity contribution in [2.24, 2.45) is 0 Å². The van der Waals surface area contributed by atoms with Crippen LogP contribution in [-0.4, -0.2) is 53.1 Å². The fourth-order valence-corrected chi connectivity index (χ4v) is 3.01. The van der Waals surface area contributed by atoms with Gasteiger partial charge in [0.25, 0.3) is 0 Å². The second-order valence-corrected chi connectivity index (χ2v) is 6.16. The van der Waals surface area contributed by atoms with Gasteiger partial charge < -0.3 is 10.0 Å². The lowest BCUT2D eigenvalue weighted by Crippen LogP contribution is -2.48. The van der Waals surface area contributed by atoms with Gasteiger partial charge in [-0.25, -0.2) is 0 Å². The van der Waals surface area contributed by atoms with Gasteiger partial charge in [0, 0.05) is 44.0 Å². The maximum Gasteiger partial charge on any atom is 0.222 e. The molecule has 19 heavy (non-hydrogen) atoms. The zero-order chi connectivity index (χ0) is 13.7. The third-order valence-corrected chi connectivity index (χ3v) is 4.32. The maximum absolute atomic E-state index is 11.9. The number of carbonyl (C=O) groups is 1. The minimum atomic E-state index is -0.385. The number of piperazine rings is 1. The van der Waals surface area contributed by atoms with Crippen LogP contribution in [0.25, 0.3) is 0 Å². The summed E-state index contributed by atoms with van der Waals surface area (Å²) in [7, 11) is 0. The molecule has 1 N–H and O–H groups in total. The van der Waals surface area contributed by atoms with Crippen molar-refractivity contribution in [3.63, 3.8) is 0 Å². The van der Waals surface area contributed by atoms with E-state index < -0.39 is 0 Å². The van der Waals surface area contributed by atoms with Crippen LogP contribution in [0.1, 0.15) is 24.6 Å². The van der Waals surface area contributed by atoms with E-state index in [1.807, 2.05) is 4.90 Å². The molecule has 0 bridgehead atoms. The summed E-state index contributed by atoms with van der Waals surface area (Å²) in [5.41, 5.74) is 0. The second kappa shape index (κ2) is 7.03. The van der Waals surface area contributed by atoms with Crippen molar-refractivity contribution >= 4 is 17.2 Å². The van der Waals surface area contributed by atoms with Gasteiger partial charge in [-0.05, 0) is 24.8 Å². The molecule has 1 atom stereocenters. The molecular formula is C14H22N2O2S. The average molecular weight is 282 g/mol. The standard InChI is InChI=1S/C14H22N2O2S/c1-12(17)4-5-14(18)16-8-6-15(7-9-16)11-13-3-2-10-19-13/h2-3,10,12,17H,4-9,11H2,1H3. The molecule has 1 aromatic rings. The van der Waals surface area contributed by atoms with E-state index in [4.69, 9.17) is 0 Å². The first-order valence-electron chi connectivity index (χ1n) is 6.85. The Bertz CT molecular complexity index is 384. The summed E-state index contributed by atoms with van der Waals surface area (Å²) in [5.74, 6) is 0.177. The van der Waals surface area contributed by atoms with E-state index in [-0.39, 0.29) is 12.0 Å². The number of thiophene rings is 1. The summed E-state index contributed by atoms with van der Waals surface area (Å²) in [6.45, 7) is 6.23. The van der Waals surface area contributed by atoms with Gasteiger partial charge in [0.2, 0.25) is 5.91 Å². The molecule has 2 rings (SSSR count). The number of amides is 1. The molecule has 0 aliphatic carbocycles. The van der Waals surface area contributed by atoms with Gasteiger partial charge in [-0.15, -0.1) is 11.3 Å². The topological polar surface area (TPSA) is 43.8 Å². The van der Waals surface area contributed by atoms with Gasteiger partial charge in [0.1, 0.15) is 0 Å². The van der Waals surface area contributed by atoms with Crippen molar-refractivity contribution in [1.29, 1.82) is 0 Å². The summed E-state index contributed by atoms with van der Waals surface area (Å²) < 4.78 is 0. The molecule has 1 aliphatic heterocycles. The summed E-state index contributed by atoms with van der Waals surface area (Å²) in [6, 6.07) is 4.24. The minimum absolute atomic E-state index is 0.177. The average Bonchev–Trinajstić information content (AvgIpc) is 2.89. The zero-order valence-corrected chi connectivity index (χ0v) is 12.2. The number of aliphatic hydroxyl groups excluding tert-OH is 1. The normalized spacial score (nSPS) is 18.5. The Labute approximate surface area is 118 Å². The fraction of sp³-hybridized carbons (Fsp3) is 0.643. The zero-order valence-electron chi connectivity index (χ0n) is 11.4. The van der Waals surface area contributed by atoms with E-state index in [0.717, 1.165) is 32.7 Å². The molecule has 1 unspecified atom stereocenters. The molecular weight excluding hydrogens is 260 g/mol. The van der Waals surface area contributed by atoms with Crippen molar-refractivity contribution in [1.82, 2.24) is 9.80 Å². The number of nitrogens with zero attached hydrogens (tertiary/aromatic N) is 2. The highest BCUT2D eigenvalue weighted by Crippen LogP contribution is 2.14. The van der Waals surface area contributed by atoms with E-state index in [1.54, 1.807) is 18.3 Å². The van der Waals surface area contributed by atoms with Crippen LogP contribution < -0.4 is 0 Å². The summed E-state index contributed by atoms with van der Waals surface area (Å²) in [4.78, 5) is 17.6. The molecule has 0 radical (unpaired) electrons. The van der Waals surface area contributed by atoms with Gasteiger partial charge >= 0.3 is 0 Å². The SMILES string of the molecule is CC(O)CCC(=O)N1CCN(Cc2cccs2)CC1. The molecule has 1 saturated heterocycles. The van der Waals surface area contributed by atoms with Crippen molar-refractivity contribution < 1.29 is 9.90 Å². The van der Waals surface area contributed by atoms with Crippen LogP contribution in [0.2, 0.25) is 0 Å². The van der Waals surface area contributed by atoms with Gasteiger partial charge in [-0.3, -0.25) is 9.69 Å². The van der Waals surface area contributed by atoms with Gasteiger partial charge in [0.15, 0.2) is 0 Å². The first-order chi connectivity index (χ1) is 9.15. The van der Waals surface area contributed by atoms with Crippen molar-refractivity contribution in [3.8, 4) is 0 Å². The Morgan fingerprint density at radius 1 is 1.42 bits per heavy atom. The molecule has 1 aromatic heterocycles. The Balaban J connectivity index is 1.71. The predicted molar refractivity (Wildman–Crippen MR) is 77.1 cm³/mol. The molecule has 2 heterocycles. The van der Waals surface area contributed by atoms with Crippen LogP contribution in [-0.2, 0) is 11.3 Å². The summed E-state index contributed by atoms with van der Waals surface area (Å²) in [5, 5.41) is 11.3. The summed E-state index contributed by atoms with van der Waals surface area (Å²) >= 11 is 1.79. The van der Waals surface area contributed by atoms with E-state index >= 15 is 0 Å². The number of aliphatic hydroxyl groups is 1. The second-order valence-electron chi connectivity index (χ2n) is 5.12. The van der Waals surface area contributed by atoms with Crippen LogP contribution in [0, 0.1) is 0 Å². The smallest absolute Gasteiger partial charge is 0.222 e. The molecule has 1 amide bonds. The third kappa shape index (κ3) is 4.60. The van der Waals surface area contributed by atoms with Crippen molar-refractivity contribution in [2.45, 2.75) is 32.4 Å². The Morgan fingerprint density at radius 2 is 2.16 bits per heavy atom. The maximum atomic E-state index is 11.9. The number of rotatable bonds is 5. The van der Waals surface area contributed by atoms with Gasteiger partial charge in [0.05, 0.1) is 6.10 Å². The van der Waals surface area contributed by atoms with E-state index in [2.05, 4.69) is 22.4 Å². The molecule has 0 saturated carbocycles. The lowest BCUT2D eigenvalue weighted by Gasteiger charge is -2.34. The monoisotopic (exact) mass is 282 g/mol. The Hall–Kier alpha value is -0.910. The fourth-order valence-electron chi connectivity index (χ4n) is 2.27. The molecule has 1 aliphatic rings. The lowest BCUT2D eigenvalue weighted by molar-refractivity contribution is -0.133. The van der Waals surface area contributed by atoms with Crippen molar-refractivity contribution in [2.75, 3.05) is 26.2 Å². The number of hydrogen-bond acceptors (Lipinski definition) is 4. The predicted octanol–water partition coefficient (Wildman–Crippen LogP) is 1.55. The highest BCUT2D eigenvalue weighted by atomic mass is 32.1. The molecule has 1 fully saturated rings. The number of hydrogen-bond donors (Lipinski definition) is 1. The van der Waals surface area contributed by atoms with Crippen molar-refractivity contribution in [3.05, 3.63) is 22.4 Å². The molecule has 5 heteroatoms. The Kier molecular flexibility index (Phi) is 5.36. The highest BCUT2D eigenvalue weighted by Gasteiger charge is 2.21. The molecule has 106 valence electrons. The van der Waals surface area contributed by atoms with Crippen LogP contribution in [0.3, 0.4) is 0 Å². The van der Waals surface area contributed by atoms with Gasteiger partial charge in [-0.1, -0.05) is 6.07 Å². The molecule has 0 aromatic carbocycles. The van der Waals surface area contributed by atoms with E-state index in [1.165, 1.54) is 4.88 Å². The van der Waals surface area contributed by atoms with Gasteiger partial charge in [-0.2, -0.15) is 0 Å². The first-order valence-corrected chi connectivity index (χ1v) is 7.73. The quantitative estimate of drug-likeness (QED) is 0.891. The Morgan fingerprint density at radius 3 is 2.74 bits per heavy atom. The molecule has 0 spiro atoms. The molecule has 4 nitrogen and oxygen atoms in total. The van der Waals surface area contributed by atoms with Crippen LogP contribution in [0.4, 0.5) is 0 Å². The highest BCUT2D eigenvalue weighted by molar-refractivity contribution is 7.09. The number of carbonyl (C=O) groups excluding carboxylic acids is 1. The first kappa shape index (κ1) is 14.5. The largest absolute Gasteiger partial charge is 0.393 e. The minimum Gasteiger partial charge on any atom is -0.393 e. The van der Waals surface area contributed by atoms with Crippen LogP contribution in [0.15, 0.2) is 17.5 Å². The van der Waals surface area contributed by atoms with E-state index in [9.17, 15) is 9.90 Å². The third-order valence-electron chi connectivity index (χ3n) is 3.46. The van der Waals surface area contributed by atoms with Crippen LogP contribution >= 0.6 is 11.3 Å².